The van der Waals surface area contributed by atoms with Gasteiger partial charge in [0.25, 0.3) is 5.91 Å². The van der Waals surface area contributed by atoms with Crippen LogP contribution in [-0.4, -0.2) is 62.8 Å². The van der Waals surface area contributed by atoms with Crippen molar-refractivity contribution in [2.24, 2.45) is 0 Å². The minimum Gasteiger partial charge on any atom is -0.497 e. The van der Waals surface area contributed by atoms with Crippen LogP contribution in [0.1, 0.15) is 18.4 Å². The van der Waals surface area contributed by atoms with Crippen LogP contribution < -0.4 is 10.1 Å². The van der Waals surface area contributed by atoms with Crippen molar-refractivity contribution in [2.45, 2.75) is 24.9 Å². The van der Waals surface area contributed by atoms with E-state index < -0.39 is 11.6 Å². The van der Waals surface area contributed by atoms with E-state index in [0.29, 0.717) is 25.3 Å². The molecule has 0 aromatic heterocycles. The first-order valence-electron chi connectivity index (χ1n) is 8.35. The molecule has 0 bridgehead atoms. The van der Waals surface area contributed by atoms with Crippen LogP contribution in [0.2, 0.25) is 0 Å². The third kappa shape index (κ3) is 5.16. The lowest BCUT2D eigenvalue weighted by molar-refractivity contribution is -0.143. The SMILES string of the molecule is COCCNC(=O)C1(F)CCCN(C(=O)Cc2cccc(OC)c2)C1. The molecule has 1 aromatic carbocycles. The molecular formula is C18H25FN2O4. The summed E-state index contributed by atoms with van der Waals surface area (Å²) >= 11 is 0. The first-order valence-corrected chi connectivity index (χ1v) is 8.35. The second-order valence-electron chi connectivity index (χ2n) is 6.16. The van der Waals surface area contributed by atoms with E-state index in [1.54, 1.807) is 25.3 Å². The number of alkyl halides is 1. The number of benzene rings is 1. The molecule has 0 radical (unpaired) electrons. The van der Waals surface area contributed by atoms with Crippen LogP contribution >= 0.6 is 0 Å². The monoisotopic (exact) mass is 352 g/mol. The number of ether oxygens (including phenoxy) is 2. The summed E-state index contributed by atoms with van der Waals surface area (Å²) in [6, 6.07) is 7.21. The number of likely N-dealkylation sites (tertiary alicyclic amines) is 1. The van der Waals surface area contributed by atoms with Gasteiger partial charge in [-0.1, -0.05) is 12.1 Å². The van der Waals surface area contributed by atoms with Gasteiger partial charge in [-0.15, -0.1) is 0 Å². The number of piperidine rings is 1. The number of rotatable bonds is 7. The van der Waals surface area contributed by atoms with Gasteiger partial charge in [-0.25, -0.2) is 4.39 Å². The Morgan fingerprint density at radius 1 is 1.36 bits per heavy atom. The van der Waals surface area contributed by atoms with Crippen LogP contribution in [0.4, 0.5) is 4.39 Å². The van der Waals surface area contributed by atoms with Crippen molar-refractivity contribution in [1.82, 2.24) is 10.2 Å². The lowest BCUT2D eigenvalue weighted by atomic mass is 9.93. The fourth-order valence-electron chi connectivity index (χ4n) is 2.90. The molecule has 1 aromatic rings. The van der Waals surface area contributed by atoms with E-state index in [1.165, 1.54) is 12.0 Å². The maximum atomic E-state index is 15.0. The third-order valence-electron chi connectivity index (χ3n) is 4.28. The van der Waals surface area contributed by atoms with Crippen LogP contribution in [0.25, 0.3) is 0 Å². The molecular weight excluding hydrogens is 327 g/mol. The summed E-state index contributed by atoms with van der Waals surface area (Å²) in [5.74, 6) is -0.204. The molecule has 1 saturated heterocycles. The summed E-state index contributed by atoms with van der Waals surface area (Å²) < 4.78 is 25.0. The first kappa shape index (κ1) is 19.2. The van der Waals surface area contributed by atoms with Gasteiger partial charge in [0, 0.05) is 20.2 Å². The molecule has 1 atom stereocenters. The van der Waals surface area contributed by atoms with Gasteiger partial charge in [0.05, 0.1) is 26.7 Å². The Hall–Kier alpha value is -2.15. The highest BCUT2D eigenvalue weighted by Gasteiger charge is 2.43. The Labute approximate surface area is 147 Å². The average molecular weight is 352 g/mol. The summed E-state index contributed by atoms with van der Waals surface area (Å²) in [5.41, 5.74) is -1.25. The molecule has 0 aliphatic carbocycles. The highest BCUT2D eigenvalue weighted by atomic mass is 19.1. The number of methoxy groups -OCH3 is 2. The van der Waals surface area contributed by atoms with Crippen molar-refractivity contribution in [3.8, 4) is 5.75 Å². The fourth-order valence-corrected chi connectivity index (χ4v) is 2.90. The number of amides is 2. The molecule has 1 aliphatic rings. The Morgan fingerprint density at radius 2 is 2.16 bits per heavy atom. The van der Waals surface area contributed by atoms with Crippen molar-refractivity contribution in [2.75, 3.05) is 40.5 Å². The van der Waals surface area contributed by atoms with Crippen LogP contribution in [0.3, 0.4) is 0 Å². The van der Waals surface area contributed by atoms with Gasteiger partial charge < -0.3 is 19.7 Å². The lowest BCUT2D eigenvalue weighted by Crippen LogP contribution is -2.56. The van der Waals surface area contributed by atoms with Crippen LogP contribution in [0, 0.1) is 0 Å². The van der Waals surface area contributed by atoms with Crippen molar-refractivity contribution in [3.05, 3.63) is 29.8 Å². The zero-order valence-corrected chi connectivity index (χ0v) is 14.7. The van der Waals surface area contributed by atoms with Crippen LogP contribution in [-0.2, 0) is 20.7 Å². The van der Waals surface area contributed by atoms with Gasteiger partial charge in [-0.2, -0.15) is 0 Å². The molecule has 25 heavy (non-hydrogen) atoms. The van der Waals surface area contributed by atoms with Gasteiger partial charge in [-0.3, -0.25) is 9.59 Å². The molecule has 138 valence electrons. The van der Waals surface area contributed by atoms with Crippen molar-refractivity contribution in [3.63, 3.8) is 0 Å². The van der Waals surface area contributed by atoms with E-state index in [2.05, 4.69) is 5.32 Å². The van der Waals surface area contributed by atoms with E-state index in [9.17, 15) is 14.0 Å². The number of hydrogen-bond donors (Lipinski definition) is 1. The van der Waals surface area contributed by atoms with Crippen LogP contribution in [0.15, 0.2) is 24.3 Å². The van der Waals surface area contributed by atoms with Gasteiger partial charge in [-0.05, 0) is 30.5 Å². The van der Waals surface area contributed by atoms with E-state index in [4.69, 9.17) is 9.47 Å². The predicted octanol–water partition coefficient (Wildman–Crippen LogP) is 1.33. The molecule has 1 aliphatic heterocycles. The summed E-state index contributed by atoms with van der Waals surface area (Å²) in [4.78, 5) is 26.0. The zero-order valence-electron chi connectivity index (χ0n) is 14.7. The maximum Gasteiger partial charge on any atom is 0.259 e. The van der Waals surface area contributed by atoms with Gasteiger partial charge >= 0.3 is 0 Å². The van der Waals surface area contributed by atoms with Gasteiger partial charge in [0.2, 0.25) is 11.6 Å². The Kier molecular flexibility index (Phi) is 6.75. The zero-order chi connectivity index (χ0) is 18.3. The minimum absolute atomic E-state index is 0.120. The topological polar surface area (TPSA) is 67.9 Å². The smallest absolute Gasteiger partial charge is 0.259 e. The predicted molar refractivity (Wildman–Crippen MR) is 91.2 cm³/mol. The molecule has 2 amide bonds. The number of halogens is 1. The van der Waals surface area contributed by atoms with Crippen molar-refractivity contribution >= 4 is 11.8 Å². The molecule has 1 unspecified atom stereocenters. The van der Waals surface area contributed by atoms with Crippen LogP contribution in [0.5, 0.6) is 5.75 Å². The standard InChI is InChI=1S/C18H25FN2O4/c1-24-10-8-20-17(23)18(19)7-4-9-21(13-18)16(22)12-14-5-3-6-15(11-14)25-2/h3,5-6,11H,4,7-10,12-13H2,1-2H3,(H,20,23). The number of hydrogen-bond acceptors (Lipinski definition) is 4. The quantitative estimate of drug-likeness (QED) is 0.752. The second kappa shape index (κ2) is 8.80. The Morgan fingerprint density at radius 3 is 2.88 bits per heavy atom. The maximum absolute atomic E-state index is 15.0. The summed E-state index contributed by atoms with van der Waals surface area (Å²) in [6.07, 6.45) is 0.728. The Bertz CT molecular complexity index is 610. The molecule has 7 heteroatoms. The Balaban J connectivity index is 1.97. The average Bonchev–Trinajstić information content (AvgIpc) is 2.62. The summed E-state index contributed by atoms with van der Waals surface area (Å²) in [5, 5.41) is 2.52. The first-order chi connectivity index (χ1) is 12.0. The highest BCUT2D eigenvalue weighted by Crippen LogP contribution is 2.26. The minimum atomic E-state index is -2.05. The molecule has 1 heterocycles. The molecule has 0 saturated carbocycles. The highest BCUT2D eigenvalue weighted by molar-refractivity contribution is 5.87. The number of nitrogens with one attached hydrogen (secondary N) is 1. The second-order valence-corrected chi connectivity index (χ2v) is 6.16. The fraction of sp³-hybridized carbons (Fsp3) is 0.556. The number of carbonyl (C=O) groups is 2. The molecule has 0 spiro atoms. The van der Waals surface area contributed by atoms with E-state index >= 15 is 0 Å². The van der Waals surface area contributed by atoms with Crippen molar-refractivity contribution < 1.29 is 23.5 Å². The lowest BCUT2D eigenvalue weighted by Gasteiger charge is -2.36. The number of nitrogens with zero attached hydrogens (tertiary/aromatic N) is 1. The van der Waals surface area contributed by atoms with Gasteiger partial charge in [0.15, 0.2) is 0 Å². The van der Waals surface area contributed by atoms with Gasteiger partial charge in [0.1, 0.15) is 5.75 Å². The molecule has 1 fully saturated rings. The normalized spacial score (nSPS) is 20.2. The summed E-state index contributed by atoms with van der Waals surface area (Å²) in [6.45, 7) is 0.813. The number of carbonyl (C=O) groups excluding carboxylic acids is 2. The third-order valence-corrected chi connectivity index (χ3v) is 4.28. The summed E-state index contributed by atoms with van der Waals surface area (Å²) in [7, 11) is 3.07. The van der Waals surface area contributed by atoms with E-state index in [-0.39, 0.29) is 31.8 Å². The largest absolute Gasteiger partial charge is 0.497 e. The van der Waals surface area contributed by atoms with E-state index in [0.717, 1.165) is 5.56 Å². The van der Waals surface area contributed by atoms with E-state index in [1.807, 2.05) is 6.07 Å². The molecule has 1 N–H and O–H groups in total. The van der Waals surface area contributed by atoms with Crippen molar-refractivity contribution in [1.29, 1.82) is 0 Å². The molecule has 2 rings (SSSR count). The molecule has 6 nitrogen and oxygen atoms in total.